The van der Waals surface area contributed by atoms with E-state index >= 15 is 0 Å². The highest BCUT2D eigenvalue weighted by Crippen LogP contribution is 2.10. The highest BCUT2D eigenvalue weighted by molar-refractivity contribution is 5.77. The van der Waals surface area contributed by atoms with E-state index in [-0.39, 0.29) is 19.2 Å². The molecule has 0 aromatic rings. The van der Waals surface area contributed by atoms with Gasteiger partial charge in [-0.1, -0.05) is 13.8 Å². The van der Waals surface area contributed by atoms with E-state index in [4.69, 9.17) is 9.84 Å². The second-order valence-electron chi connectivity index (χ2n) is 6.07. The zero-order valence-electron chi connectivity index (χ0n) is 13.4. The number of amides is 2. The summed E-state index contributed by atoms with van der Waals surface area (Å²) in [6.07, 6.45) is -0.919. The van der Waals surface area contributed by atoms with Crippen LogP contribution in [0, 0.1) is 5.92 Å². The fourth-order valence-corrected chi connectivity index (χ4v) is 2.20. The smallest absolute Gasteiger partial charge is 0.334 e. The normalized spacial score (nSPS) is 19.1. The molecule has 21 heavy (non-hydrogen) atoms. The van der Waals surface area contributed by atoms with Gasteiger partial charge in [-0.25, -0.2) is 9.59 Å². The van der Waals surface area contributed by atoms with Gasteiger partial charge in [0.05, 0.1) is 13.2 Å². The third-order valence-corrected chi connectivity index (χ3v) is 3.29. The number of carbonyl (C=O) groups is 2. The standard InChI is InChI=1S/C14H27N3O4/c1-11(2)9-16(6-5-15(3)4)14(20)17-7-8-21-12(10-17)13(18)19/h11-12H,5-10H2,1-4H3,(H,18,19). The predicted molar refractivity (Wildman–Crippen MR) is 79.3 cm³/mol. The molecular weight excluding hydrogens is 274 g/mol. The Labute approximate surface area is 126 Å². The van der Waals surface area contributed by atoms with E-state index in [1.54, 1.807) is 9.80 Å². The van der Waals surface area contributed by atoms with Crippen molar-refractivity contribution in [3.05, 3.63) is 0 Å². The van der Waals surface area contributed by atoms with E-state index in [9.17, 15) is 9.59 Å². The van der Waals surface area contributed by atoms with Crippen molar-refractivity contribution in [2.24, 2.45) is 5.92 Å². The quantitative estimate of drug-likeness (QED) is 0.769. The molecule has 1 aliphatic heterocycles. The second-order valence-corrected chi connectivity index (χ2v) is 6.07. The molecule has 1 saturated heterocycles. The molecule has 0 aromatic heterocycles. The number of hydrogen-bond donors (Lipinski definition) is 1. The van der Waals surface area contributed by atoms with Gasteiger partial charge < -0.3 is 24.5 Å². The number of aliphatic carboxylic acids is 1. The van der Waals surface area contributed by atoms with Crippen LogP contribution < -0.4 is 0 Å². The van der Waals surface area contributed by atoms with Crippen molar-refractivity contribution in [2.45, 2.75) is 20.0 Å². The lowest BCUT2D eigenvalue weighted by Gasteiger charge is -2.36. The number of likely N-dealkylation sites (N-methyl/N-ethyl adjacent to an activating group) is 1. The molecule has 1 unspecified atom stereocenters. The average Bonchev–Trinajstić information content (AvgIpc) is 2.42. The van der Waals surface area contributed by atoms with Gasteiger partial charge in [-0.3, -0.25) is 0 Å². The lowest BCUT2D eigenvalue weighted by atomic mass is 10.2. The Kier molecular flexibility index (Phi) is 6.91. The number of hydrogen-bond acceptors (Lipinski definition) is 4. The molecular formula is C14H27N3O4. The molecule has 1 N–H and O–H groups in total. The van der Waals surface area contributed by atoms with Crippen molar-refractivity contribution in [2.75, 3.05) is 53.4 Å². The summed E-state index contributed by atoms with van der Waals surface area (Å²) in [5, 5.41) is 9.01. The van der Waals surface area contributed by atoms with Crippen LogP contribution in [0.2, 0.25) is 0 Å². The molecule has 1 aliphatic rings. The van der Waals surface area contributed by atoms with Crippen LogP contribution in [-0.2, 0) is 9.53 Å². The summed E-state index contributed by atoms with van der Waals surface area (Å²) in [5.41, 5.74) is 0. The van der Waals surface area contributed by atoms with Crippen LogP contribution in [-0.4, -0.2) is 91.3 Å². The Morgan fingerprint density at radius 1 is 1.33 bits per heavy atom. The fraction of sp³-hybridized carbons (Fsp3) is 0.857. The molecule has 7 nitrogen and oxygen atoms in total. The summed E-state index contributed by atoms with van der Waals surface area (Å²) in [4.78, 5) is 29.0. The highest BCUT2D eigenvalue weighted by atomic mass is 16.5. The summed E-state index contributed by atoms with van der Waals surface area (Å²) in [6.45, 7) is 7.05. The van der Waals surface area contributed by atoms with Crippen molar-refractivity contribution in [1.29, 1.82) is 0 Å². The maximum Gasteiger partial charge on any atom is 0.334 e. The number of nitrogens with zero attached hydrogens (tertiary/aromatic N) is 3. The van der Waals surface area contributed by atoms with Gasteiger partial charge in [0.15, 0.2) is 6.10 Å². The van der Waals surface area contributed by atoms with Gasteiger partial charge in [0.2, 0.25) is 0 Å². The van der Waals surface area contributed by atoms with Crippen LogP contribution >= 0.6 is 0 Å². The van der Waals surface area contributed by atoms with E-state index in [0.717, 1.165) is 6.54 Å². The number of morpholine rings is 1. The van der Waals surface area contributed by atoms with Gasteiger partial charge >= 0.3 is 12.0 Å². The minimum atomic E-state index is -1.02. The van der Waals surface area contributed by atoms with E-state index < -0.39 is 12.1 Å². The third kappa shape index (κ3) is 5.89. The first-order valence-corrected chi connectivity index (χ1v) is 7.34. The number of urea groups is 1. The Bertz CT molecular complexity index is 360. The fourth-order valence-electron chi connectivity index (χ4n) is 2.20. The molecule has 1 fully saturated rings. The molecule has 0 bridgehead atoms. The molecule has 0 aliphatic carbocycles. The summed E-state index contributed by atoms with van der Waals surface area (Å²) in [7, 11) is 3.93. The number of carboxylic acids is 1. The van der Waals surface area contributed by atoms with Crippen LogP contribution in [0.1, 0.15) is 13.8 Å². The van der Waals surface area contributed by atoms with E-state index in [2.05, 4.69) is 13.8 Å². The molecule has 0 spiro atoms. The zero-order valence-corrected chi connectivity index (χ0v) is 13.4. The van der Waals surface area contributed by atoms with Gasteiger partial charge in [0, 0.05) is 26.2 Å². The van der Waals surface area contributed by atoms with Gasteiger partial charge in [-0.15, -0.1) is 0 Å². The van der Waals surface area contributed by atoms with Gasteiger partial charge in [-0.2, -0.15) is 0 Å². The number of ether oxygens (including phenoxy) is 1. The second kappa shape index (κ2) is 8.19. The minimum Gasteiger partial charge on any atom is -0.479 e. The van der Waals surface area contributed by atoms with Crippen LogP contribution in [0.3, 0.4) is 0 Å². The van der Waals surface area contributed by atoms with Crippen molar-refractivity contribution < 1.29 is 19.4 Å². The van der Waals surface area contributed by atoms with Gasteiger partial charge in [0.1, 0.15) is 0 Å². The molecule has 1 rings (SSSR count). The van der Waals surface area contributed by atoms with Crippen LogP contribution in [0.4, 0.5) is 4.79 Å². The van der Waals surface area contributed by atoms with Gasteiger partial charge in [0.25, 0.3) is 0 Å². The average molecular weight is 301 g/mol. The summed E-state index contributed by atoms with van der Waals surface area (Å²) >= 11 is 0. The maximum atomic E-state index is 12.6. The first-order valence-electron chi connectivity index (χ1n) is 7.34. The van der Waals surface area contributed by atoms with Crippen LogP contribution in [0.15, 0.2) is 0 Å². The number of carbonyl (C=O) groups excluding carboxylic acids is 1. The summed E-state index contributed by atoms with van der Waals surface area (Å²) in [6, 6.07) is -0.0971. The number of carboxylic acid groups (broad SMARTS) is 1. The maximum absolute atomic E-state index is 12.6. The Morgan fingerprint density at radius 2 is 2.00 bits per heavy atom. The SMILES string of the molecule is CC(C)CN(CCN(C)C)C(=O)N1CCOC(C(=O)O)C1. The molecule has 0 aromatic carbocycles. The highest BCUT2D eigenvalue weighted by Gasteiger charge is 2.31. The topological polar surface area (TPSA) is 73.3 Å². The van der Waals surface area contributed by atoms with Crippen molar-refractivity contribution in [1.82, 2.24) is 14.7 Å². The lowest BCUT2D eigenvalue weighted by Crippen LogP contribution is -2.54. The molecule has 2 amide bonds. The molecule has 122 valence electrons. The van der Waals surface area contributed by atoms with Crippen LogP contribution in [0.5, 0.6) is 0 Å². The van der Waals surface area contributed by atoms with Crippen molar-refractivity contribution >= 4 is 12.0 Å². The zero-order chi connectivity index (χ0) is 16.0. The minimum absolute atomic E-state index is 0.0971. The molecule has 0 saturated carbocycles. The van der Waals surface area contributed by atoms with Crippen molar-refractivity contribution in [3.8, 4) is 0 Å². The molecule has 1 heterocycles. The van der Waals surface area contributed by atoms with Gasteiger partial charge in [-0.05, 0) is 20.0 Å². The monoisotopic (exact) mass is 301 g/mol. The Hall–Kier alpha value is -1.34. The van der Waals surface area contributed by atoms with E-state index in [0.29, 0.717) is 25.6 Å². The van der Waals surface area contributed by atoms with E-state index in [1.807, 2.05) is 19.0 Å². The Balaban J connectivity index is 2.67. The third-order valence-electron chi connectivity index (χ3n) is 3.29. The summed E-state index contributed by atoms with van der Waals surface area (Å²) < 4.78 is 5.16. The van der Waals surface area contributed by atoms with Crippen LogP contribution in [0.25, 0.3) is 0 Å². The molecule has 7 heteroatoms. The first kappa shape index (κ1) is 17.7. The predicted octanol–water partition coefficient (Wildman–Crippen LogP) is 0.411. The number of rotatable bonds is 6. The Morgan fingerprint density at radius 3 is 2.52 bits per heavy atom. The summed E-state index contributed by atoms with van der Waals surface area (Å²) in [5.74, 6) is -0.649. The lowest BCUT2D eigenvalue weighted by molar-refractivity contribution is -0.154. The van der Waals surface area contributed by atoms with Crippen molar-refractivity contribution in [3.63, 3.8) is 0 Å². The largest absolute Gasteiger partial charge is 0.479 e. The molecule has 0 radical (unpaired) electrons. The molecule has 1 atom stereocenters. The van der Waals surface area contributed by atoms with E-state index in [1.165, 1.54) is 0 Å². The first-order chi connectivity index (χ1) is 9.81.